The van der Waals surface area contributed by atoms with E-state index >= 15 is 0 Å². The topological polar surface area (TPSA) is 94.7 Å². The molecule has 7 rings (SSSR count). The number of methoxy groups -OCH3 is 1. The first kappa shape index (κ1) is 26.5. The second-order valence-electron chi connectivity index (χ2n) is 10.9. The van der Waals surface area contributed by atoms with Gasteiger partial charge in [0.25, 0.3) is 11.8 Å². The number of benzene rings is 4. The number of hydrogen-bond donors (Lipinski definition) is 2. The number of nitrogens with one attached hydrogen (secondary N) is 2. The van der Waals surface area contributed by atoms with Crippen molar-refractivity contribution in [2.45, 2.75) is 32.0 Å². The Labute approximate surface area is 248 Å². The number of urea groups is 1. The van der Waals surface area contributed by atoms with Gasteiger partial charge in [0.05, 0.1) is 18.4 Å². The molecule has 0 bridgehead atoms. The summed E-state index contributed by atoms with van der Waals surface area (Å²) in [6.07, 6.45) is 0.380. The molecule has 5 aromatic rings. The maximum atomic E-state index is 14.4. The van der Waals surface area contributed by atoms with Crippen molar-refractivity contribution in [1.29, 1.82) is 0 Å². The summed E-state index contributed by atoms with van der Waals surface area (Å²) in [4.78, 5) is 48.6. The molecule has 2 aliphatic heterocycles. The lowest BCUT2D eigenvalue weighted by Gasteiger charge is -2.36. The highest BCUT2D eigenvalue weighted by Crippen LogP contribution is 2.45. The van der Waals surface area contributed by atoms with Gasteiger partial charge >= 0.3 is 6.03 Å². The summed E-state index contributed by atoms with van der Waals surface area (Å²) in [7, 11) is 1.58. The van der Waals surface area contributed by atoms with E-state index in [0.29, 0.717) is 12.2 Å². The number of aromatic amines is 1. The molecule has 214 valence electrons. The third-order valence-corrected chi connectivity index (χ3v) is 8.55. The zero-order valence-electron chi connectivity index (χ0n) is 23.8. The lowest BCUT2D eigenvalue weighted by atomic mass is 9.87. The van der Waals surface area contributed by atoms with Crippen LogP contribution in [0.15, 0.2) is 97.1 Å². The van der Waals surface area contributed by atoms with Crippen LogP contribution in [0.4, 0.5) is 10.5 Å². The number of carbonyl (C=O) groups excluding carboxylic acids is 3. The van der Waals surface area contributed by atoms with Crippen LogP contribution in [0, 0.1) is 6.92 Å². The highest BCUT2D eigenvalue weighted by Gasteiger charge is 2.53. The van der Waals surface area contributed by atoms with Gasteiger partial charge in [0.15, 0.2) is 0 Å². The van der Waals surface area contributed by atoms with Crippen molar-refractivity contribution < 1.29 is 19.1 Å². The normalized spacial score (nSPS) is 17.6. The van der Waals surface area contributed by atoms with Crippen LogP contribution in [0.25, 0.3) is 10.9 Å². The van der Waals surface area contributed by atoms with Gasteiger partial charge < -0.3 is 15.0 Å². The molecule has 1 aromatic heterocycles. The molecule has 8 nitrogen and oxygen atoms in total. The molecule has 3 heterocycles. The van der Waals surface area contributed by atoms with Crippen LogP contribution in [0.3, 0.4) is 0 Å². The van der Waals surface area contributed by atoms with Gasteiger partial charge in [-0.05, 0) is 47.9 Å². The largest absolute Gasteiger partial charge is 0.496 e. The molecule has 2 aliphatic rings. The van der Waals surface area contributed by atoms with Crippen LogP contribution in [-0.4, -0.2) is 40.9 Å². The first-order valence-electron chi connectivity index (χ1n) is 14.3. The summed E-state index contributed by atoms with van der Waals surface area (Å²) in [5, 5.41) is 3.98. The van der Waals surface area contributed by atoms with Gasteiger partial charge in [-0.3, -0.25) is 14.5 Å². The predicted molar refractivity (Wildman–Crippen MR) is 164 cm³/mol. The van der Waals surface area contributed by atoms with Crippen LogP contribution in [0.2, 0.25) is 0 Å². The number of aromatic nitrogens is 1. The molecule has 1 fully saturated rings. The first-order chi connectivity index (χ1) is 21.0. The Morgan fingerprint density at radius 1 is 0.930 bits per heavy atom. The summed E-state index contributed by atoms with van der Waals surface area (Å²) in [6, 6.07) is 28.5. The number of hydrogen-bond acceptors (Lipinski definition) is 4. The highest BCUT2D eigenvalue weighted by molar-refractivity contribution is 6.24. The number of para-hydroxylation sites is 3. The molecule has 2 N–H and O–H groups in total. The van der Waals surface area contributed by atoms with Gasteiger partial charge in [-0.2, -0.15) is 0 Å². The first-order valence-corrected chi connectivity index (χ1v) is 14.3. The van der Waals surface area contributed by atoms with Crippen molar-refractivity contribution in [3.8, 4) is 5.75 Å². The number of aryl methyl sites for hydroxylation is 1. The number of anilines is 1. The summed E-state index contributed by atoms with van der Waals surface area (Å²) >= 11 is 0. The lowest BCUT2D eigenvalue weighted by molar-refractivity contribution is -0.120. The van der Waals surface area contributed by atoms with Crippen LogP contribution in [0.1, 0.15) is 44.3 Å². The third kappa shape index (κ3) is 4.25. The molecule has 0 aliphatic carbocycles. The summed E-state index contributed by atoms with van der Waals surface area (Å²) < 4.78 is 5.42. The molecule has 4 amide bonds. The number of fused-ring (bicyclic) bond motifs is 4. The minimum Gasteiger partial charge on any atom is -0.496 e. The van der Waals surface area contributed by atoms with E-state index in [-0.39, 0.29) is 23.7 Å². The molecule has 0 spiro atoms. The fourth-order valence-electron chi connectivity index (χ4n) is 6.49. The summed E-state index contributed by atoms with van der Waals surface area (Å²) in [6.45, 7) is 2.24. The van der Waals surface area contributed by atoms with Gasteiger partial charge in [0, 0.05) is 35.1 Å². The minimum atomic E-state index is -0.714. The van der Waals surface area contributed by atoms with Crippen LogP contribution >= 0.6 is 0 Å². The Morgan fingerprint density at radius 3 is 2.49 bits per heavy atom. The van der Waals surface area contributed by atoms with E-state index in [4.69, 9.17) is 4.74 Å². The highest BCUT2D eigenvalue weighted by atomic mass is 16.5. The van der Waals surface area contributed by atoms with Crippen LogP contribution in [-0.2, 0) is 17.8 Å². The Bertz CT molecular complexity index is 1910. The minimum absolute atomic E-state index is 0.227. The maximum absolute atomic E-state index is 14.4. The molecule has 43 heavy (non-hydrogen) atoms. The maximum Gasteiger partial charge on any atom is 0.332 e. The van der Waals surface area contributed by atoms with Crippen LogP contribution < -0.4 is 15.0 Å². The average Bonchev–Trinajstić information content (AvgIpc) is 3.53. The van der Waals surface area contributed by atoms with Crippen molar-refractivity contribution in [3.63, 3.8) is 0 Å². The fourth-order valence-corrected chi connectivity index (χ4v) is 6.49. The molecule has 0 saturated carbocycles. The molecule has 2 atom stereocenters. The SMILES string of the molecule is COc1ccccc1CNC(=O)c1ccccc1N1C(=O)[C@@H]2Cc3c([nH]c4ccccc34)C(c3ccccc3C)N2C1=O. The van der Waals surface area contributed by atoms with E-state index in [1.165, 1.54) is 4.90 Å². The number of carbonyl (C=O) groups is 3. The van der Waals surface area contributed by atoms with Crippen molar-refractivity contribution in [2.24, 2.45) is 0 Å². The molecule has 8 heteroatoms. The number of imide groups is 1. The molecular formula is C35H30N4O4. The Kier molecular flexibility index (Phi) is 6.46. The number of ether oxygens (including phenoxy) is 1. The van der Waals surface area contributed by atoms with Crippen molar-refractivity contribution in [1.82, 2.24) is 15.2 Å². The number of rotatable bonds is 6. The van der Waals surface area contributed by atoms with E-state index in [9.17, 15) is 14.4 Å². The van der Waals surface area contributed by atoms with E-state index in [2.05, 4.69) is 16.4 Å². The van der Waals surface area contributed by atoms with E-state index < -0.39 is 24.0 Å². The lowest BCUT2D eigenvalue weighted by Crippen LogP contribution is -2.44. The Morgan fingerprint density at radius 2 is 1.65 bits per heavy atom. The molecule has 1 unspecified atom stereocenters. The van der Waals surface area contributed by atoms with Crippen molar-refractivity contribution in [2.75, 3.05) is 12.0 Å². The van der Waals surface area contributed by atoms with E-state index in [1.807, 2.05) is 73.7 Å². The summed E-state index contributed by atoms with van der Waals surface area (Å²) in [5.41, 5.74) is 6.22. The molecular weight excluding hydrogens is 540 g/mol. The Hall–Kier alpha value is -5.37. The van der Waals surface area contributed by atoms with Gasteiger partial charge in [-0.1, -0.05) is 72.8 Å². The molecule has 4 aromatic carbocycles. The quantitative estimate of drug-likeness (QED) is 0.249. The second kappa shape index (κ2) is 10.5. The van der Waals surface area contributed by atoms with E-state index in [0.717, 1.165) is 38.9 Å². The standard InChI is InChI=1S/C35H30N4O4/c1-21-11-3-5-13-23(21)32-31-26(24-14-6-8-16-27(24)37-31)19-29-34(41)39(35(42)38(29)32)28-17-9-7-15-25(28)33(40)36-20-22-12-4-10-18-30(22)43-2/h3-18,29,32,37H,19-20H2,1-2H3,(H,36,40)/t29-,32?/m0/s1. The van der Waals surface area contributed by atoms with Gasteiger partial charge in [0.2, 0.25) is 0 Å². The van der Waals surface area contributed by atoms with Gasteiger partial charge in [-0.25, -0.2) is 9.69 Å². The predicted octanol–water partition coefficient (Wildman–Crippen LogP) is 5.90. The van der Waals surface area contributed by atoms with Gasteiger partial charge in [-0.15, -0.1) is 0 Å². The third-order valence-electron chi connectivity index (χ3n) is 8.55. The average molecular weight is 571 g/mol. The zero-order chi connectivity index (χ0) is 29.7. The smallest absolute Gasteiger partial charge is 0.332 e. The monoisotopic (exact) mass is 570 g/mol. The summed E-state index contributed by atoms with van der Waals surface area (Å²) in [5.74, 6) is -0.0704. The number of nitrogens with zero attached hydrogens (tertiary/aromatic N) is 2. The van der Waals surface area contributed by atoms with Crippen LogP contribution in [0.5, 0.6) is 5.75 Å². The second-order valence-corrected chi connectivity index (χ2v) is 10.9. The molecule has 0 radical (unpaired) electrons. The zero-order valence-corrected chi connectivity index (χ0v) is 23.8. The van der Waals surface area contributed by atoms with E-state index in [1.54, 1.807) is 36.3 Å². The molecule has 1 saturated heterocycles. The number of amides is 4. The van der Waals surface area contributed by atoms with Crippen molar-refractivity contribution >= 4 is 34.4 Å². The fraction of sp³-hybridized carbons (Fsp3) is 0.171. The van der Waals surface area contributed by atoms with Crippen molar-refractivity contribution in [3.05, 3.63) is 131 Å². The number of H-pyrrole nitrogens is 1. The Balaban J connectivity index is 1.28. The van der Waals surface area contributed by atoms with Gasteiger partial charge in [0.1, 0.15) is 17.8 Å².